The van der Waals surface area contributed by atoms with E-state index in [1.807, 2.05) is 0 Å². The van der Waals surface area contributed by atoms with E-state index in [0.717, 1.165) is 23.5 Å². The molecule has 0 saturated heterocycles. The highest BCUT2D eigenvalue weighted by atomic mass is 32.2. The van der Waals surface area contributed by atoms with Gasteiger partial charge < -0.3 is 10.4 Å². The topological polar surface area (TPSA) is 44.6 Å². The second-order valence-electron chi connectivity index (χ2n) is 4.37. The molecule has 2 N–H and O–H groups in total. The lowest BCUT2D eigenvalue weighted by atomic mass is 10.1. The van der Waals surface area contributed by atoms with Crippen molar-refractivity contribution < 1.29 is 13.9 Å². The molecule has 2 aliphatic rings. The van der Waals surface area contributed by atoms with Gasteiger partial charge in [-0.25, -0.2) is 8.78 Å². The van der Waals surface area contributed by atoms with Gasteiger partial charge in [-0.15, -0.1) is 0 Å². The van der Waals surface area contributed by atoms with Crippen molar-refractivity contribution in [2.24, 2.45) is 4.99 Å². The van der Waals surface area contributed by atoms with Crippen LogP contribution in [-0.2, 0) is 0 Å². The van der Waals surface area contributed by atoms with Gasteiger partial charge in [-0.05, 0) is 11.6 Å². The molecule has 3 rings (SSSR count). The number of hydrogen-bond acceptors (Lipinski definition) is 4. The zero-order chi connectivity index (χ0) is 12.7. The largest absolute Gasteiger partial charge is 0.388 e. The van der Waals surface area contributed by atoms with E-state index in [4.69, 9.17) is 0 Å². The minimum absolute atomic E-state index is 0.206. The molecule has 2 atom stereocenters. The standard InChI is InChI=1S/C12H12F2N2OS/c13-6-3-7-9(16-12-15-1-2-18-12)5-10(17)11(7)8(14)4-6/h3-4,9-10,17H,1-2,5H2,(H,15,16)/t9-,10+/m0/s1. The van der Waals surface area contributed by atoms with Crippen LogP contribution >= 0.6 is 11.8 Å². The SMILES string of the molecule is O[C@@H]1C[C@H](NC2=NCCS2)c2cc(F)cc(F)c21. The molecule has 0 fully saturated rings. The number of nitrogens with zero attached hydrogens (tertiary/aromatic N) is 1. The predicted octanol–water partition coefficient (Wildman–Crippen LogP) is 2.14. The summed E-state index contributed by atoms with van der Waals surface area (Å²) in [5, 5.41) is 13.8. The number of thioether (sulfide) groups is 1. The summed E-state index contributed by atoms with van der Waals surface area (Å²) in [4.78, 5) is 4.24. The van der Waals surface area contributed by atoms with Crippen molar-refractivity contribution in [2.75, 3.05) is 12.3 Å². The summed E-state index contributed by atoms with van der Waals surface area (Å²) >= 11 is 1.58. The summed E-state index contributed by atoms with van der Waals surface area (Å²) in [5.41, 5.74) is 0.702. The number of benzene rings is 1. The van der Waals surface area contributed by atoms with E-state index in [-0.39, 0.29) is 11.6 Å². The first-order valence-corrected chi connectivity index (χ1v) is 6.74. The fourth-order valence-electron chi connectivity index (χ4n) is 2.42. The number of aliphatic imine (C=N–C) groups is 1. The average molecular weight is 270 g/mol. The maximum absolute atomic E-state index is 13.6. The molecule has 0 unspecified atom stereocenters. The third kappa shape index (κ3) is 1.99. The van der Waals surface area contributed by atoms with Crippen LogP contribution in [-0.4, -0.2) is 22.6 Å². The third-order valence-corrected chi connectivity index (χ3v) is 4.08. The Morgan fingerprint density at radius 3 is 2.94 bits per heavy atom. The van der Waals surface area contributed by atoms with Crippen LogP contribution in [0.3, 0.4) is 0 Å². The van der Waals surface area contributed by atoms with E-state index >= 15 is 0 Å². The van der Waals surface area contributed by atoms with Crippen LogP contribution in [0, 0.1) is 11.6 Å². The maximum atomic E-state index is 13.6. The van der Waals surface area contributed by atoms with Crippen molar-refractivity contribution in [1.29, 1.82) is 0 Å². The number of aliphatic hydroxyl groups excluding tert-OH is 1. The molecule has 1 heterocycles. The van der Waals surface area contributed by atoms with Crippen LogP contribution in [0.2, 0.25) is 0 Å². The summed E-state index contributed by atoms with van der Waals surface area (Å²) in [5.74, 6) is -0.377. The smallest absolute Gasteiger partial charge is 0.157 e. The number of halogens is 2. The van der Waals surface area contributed by atoms with Crippen molar-refractivity contribution in [3.8, 4) is 0 Å². The molecule has 0 bridgehead atoms. The van der Waals surface area contributed by atoms with E-state index in [1.54, 1.807) is 11.8 Å². The van der Waals surface area contributed by atoms with Gasteiger partial charge in [-0.3, -0.25) is 4.99 Å². The highest BCUT2D eigenvalue weighted by molar-refractivity contribution is 8.14. The Morgan fingerprint density at radius 1 is 1.39 bits per heavy atom. The van der Waals surface area contributed by atoms with Gasteiger partial charge in [0.05, 0.1) is 18.7 Å². The Balaban J connectivity index is 1.92. The molecule has 1 aliphatic carbocycles. The van der Waals surface area contributed by atoms with Crippen LogP contribution in [0.15, 0.2) is 17.1 Å². The van der Waals surface area contributed by atoms with Gasteiger partial charge in [-0.1, -0.05) is 11.8 Å². The Bertz CT molecular complexity index is 521. The number of nitrogens with one attached hydrogen (secondary N) is 1. The normalized spacial score (nSPS) is 26.1. The molecule has 0 amide bonds. The summed E-state index contributed by atoms with van der Waals surface area (Å²) in [6, 6.07) is 1.82. The quantitative estimate of drug-likeness (QED) is 0.821. The molecule has 1 aromatic carbocycles. The predicted molar refractivity (Wildman–Crippen MR) is 66.6 cm³/mol. The van der Waals surface area contributed by atoms with Crippen LogP contribution in [0.4, 0.5) is 8.78 Å². The molecule has 0 aromatic heterocycles. The molecule has 0 radical (unpaired) electrons. The van der Waals surface area contributed by atoms with Gasteiger partial charge in [-0.2, -0.15) is 0 Å². The summed E-state index contributed by atoms with van der Waals surface area (Å²) in [6.07, 6.45) is -0.542. The third-order valence-electron chi connectivity index (χ3n) is 3.18. The first-order valence-electron chi connectivity index (χ1n) is 5.76. The van der Waals surface area contributed by atoms with E-state index in [9.17, 15) is 13.9 Å². The summed E-state index contributed by atoms with van der Waals surface area (Å²) in [7, 11) is 0. The second kappa shape index (κ2) is 4.51. The summed E-state index contributed by atoms with van der Waals surface area (Å²) in [6.45, 7) is 0.757. The molecule has 0 saturated carbocycles. The molecule has 3 nitrogen and oxygen atoms in total. The van der Waals surface area contributed by atoms with Gasteiger partial charge in [0, 0.05) is 23.8 Å². The van der Waals surface area contributed by atoms with Gasteiger partial charge in [0.15, 0.2) is 5.17 Å². The number of aliphatic hydroxyl groups is 1. The highest BCUT2D eigenvalue weighted by Gasteiger charge is 2.33. The number of fused-ring (bicyclic) bond motifs is 1. The first kappa shape index (κ1) is 11.9. The van der Waals surface area contributed by atoms with Crippen LogP contribution < -0.4 is 5.32 Å². The highest BCUT2D eigenvalue weighted by Crippen LogP contribution is 2.41. The average Bonchev–Trinajstić information content (AvgIpc) is 2.88. The first-order chi connectivity index (χ1) is 8.65. The fourth-order valence-corrected chi connectivity index (χ4v) is 3.20. The van der Waals surface area contributed by atoms with E-state index in [2.05, 4.69) is 10.3 Å². The van der Waals surface area contributed by atoms with Gasteiger partial charge in [0.25, 0.3) is 0 Å². The summed E-state index contributed by atoms with van der Waals surface area (Å²) < 4.78 is 26.9. The van der Waals surface area contributed by atoms with E-state index in [0.29, 0.717) is 12.0 Å². The van der Waals surface area contributed by atoms with Gasteiger partial charge in [0.2, 0.25) is 0 Å². The van der Waals surface area contributed by atoms with E-state index in [1.165, 1.54) is 6.07 Å². The van der Waals surface area contributed by atoms with Crippen molar-refractivity contribution in [2.45, 2.75) is 18.6 Å². The zero-order valence-electron chi connectivity index (χ0n) is 9.49. The minimum Gasteiger partial charge on any atom is -0.388 e. The lowest BCUT2D eigenvalue weighted by molar-refractivity contribution is 0.168. The Hall–Kier alpha value is -1.14. The van der Waals surface area contributed by atoms with Gasteiger partial charge in [0.1, 0.15) is 11.6 Å². The molecule has 96 valence electrons. The van der Waals surface area contributed by atoms with E-state index < -0.39 is 17.7 Å². The van der Waals surface area contributed by atoms with Crippen molar-refractivity contribution in [1.82, 2.24) is 5.32 Å². The maximum Gasteiger partial charge on any atom is 0.157 e. The van der Waals surface area contributed by atoms with Crippen LogP contribution in [0.5, 0.6) is 0 Å². The van der Waals surface area contributed by atoms with Crippen molar-refractivity contribution >= 4 is 16.9 Å². The van der Waals surface area contributed by atoms with Crippen LogP contribution in [0.25, 0.3) is 0 Å². The Morgan fingerprint density at radius 2 is 2.22 bits per heavy atom. The lowest BCUT2D eigenvalue weighted by Crippen LogP contribution is -2.23. The number of rotatable bonds is 1. The number of amidine groups is 1. The molecule has 0 spiro atoms. The Kier molecular flexibility index (Phi) is 2.99. The molecular weight excluding hydrogens is 258 g/mol. The number of hydrogen-bond donors (Lipinski definition) is 2. The second-order valence-corrected chi connectivity index (χ2v) is 5.46. The van der Waals surface area contributed by atoms with Gasteiger partial charge >= 0.3 is 0 Å². The molecule has 1 aromatic rings. The van der Waals surface area contributed by atoms with Crippen molar-refractivity contribution in [3.63, 3.8) is 0 Å². The van der Waals surface area contributed by atoms with Crippen LogP contribution in [0.1, 0.15) is 29.7 Å². The lowest BCUT2D eigenvalue weighted by Gasteiger charge is -2.14. The Labute approximate surface area is 107 Å². The zero-order valence-corrected chi connectivity index (χ0v) is 10.3. The molecule has 6 heteroatoms. The molecule has 1 aliphatic heterocycles. The molecular formula is C12H12F2N2OS. The monoisotopic (exact) mass is 270 g/mol. The fraction of sp³-hybridized carbons (Fsp3) is 0.417. The van der Waals surface area contributed by atoms with Crippen molar-refractivity contribution in [3.05, 3.63) is 34.9 Å². The minimum atomic E-state index is -0.884. The molecule has 18 heavy (non-hydrogen) atoms.